The molecule has 0 bridgehead atoms. The van der Waals surface area contributed by atoms with Gasteiger partial charge in [-0.3, -0.25) is 14.3 Å². The molecule has 3 aromatic rings. The van der Waals surface area contributed by atoms with Gasteiger partial charge in [-0.1, -0.05) is 12.1 Å². The van der Waals surface area contributed by atoms with E-state index in [0.717, 1.165) is 45.1 Å². The number of benzene rings is 1. The van der Waals surface area contributed by atoms with E-state index in [1.54, 1.807) is 28.0 Å². The average Bonchev–Trinajstić information content (AvgIpc) is 3.33. The number of likely N-dealkylation sites (tertiary alicyclic amines) is 1. The summed E-state index contributed by atoms with van der Waals surface area (Å²) in [6, 6.07) is 7.30. The van der Waals surface area contributed by atoms with Gasteiger partial charge in [0, 0.05) is 4.88 Å². The molecular weight excluding hydrogens is 410 g/mol. The van der Waals surface area contributed by atoms with E-state index in [2.05, 4.69) is 4.90 Å². The Morgan fingerprint density at radius 3 is 2.45 bits per heavy atom. The summed E-state index contributed by atoms with van der Waals surface area (Å²) in [6.07, 6.45) is 2.23. The average molecular weight is 440 g/mol. The van der Waals surface area contributed by atoms with E-state index in [1.807, 2.05) is 39.8 Å². The second-order valence-electron chi connectivity index (χ2n) is 8.52. The highest BCUT2D eigenvalue weighted by Gasteiger charge is 2.20. The molecule has 164 valence electrons. The van der Waals surface area contributed by atoms with E-state index >= 15 is 0 Å². The third kappa shape index (κ3) is 4.57. The number of aromatic nitrogens is 2. The molecular formula is C24H29N3O3S. The van der Waals surface area contributed by atoms with Crippen LogP contribution in [0.25, 0.3) is 10.2 Å². The summed E-state index contributed by atoms with van der Waals surface area (Å²) in [7, 11) is 0. The lowest BCUT2D eigenvalue weighted by Crippen LogP contribution is -2.30. The fourth-order valence-corrected chi connectivity index (χ4v) is 5.04. The number of carbonyl (C=O) groups is 1. The number of hydrogen-bond donors (Lipinski definition) is 0. The first kappa shape index (κ1) is 21.7. The lowest BCUT2D eigenvalue weighted by atomic mass is 10.1. The molecule has 0 amide bonds. The molecule has 31 heavy (non-hydrogen) atoms. The van der Waals surface area contributed by atoms with Crippen LogP contribution in [0.3, 0.4) is 0 Å². The standard InChI is InChI=1S/C24H29N3O3S/c1-15(2)30-24(29)19-9-7-18(8-10-19)13-27-20(14-26-11-5-6-12-26)25-22-21(23(27)28)16(3)17(4)31-22/h7-10,15H,5-6,11-14H2,1-4H3. The fraction of sp³-hybridized carbons (Fsp3) is 0.458. The molecule has 1 saturated heterocycles. The Morgan fingerprint density at radius 2 is 1.81 bits per heavy atom. The van der Waals surface area contributed by atoms with Crippen LogP contribution in [-0.2, 0) is 17.8 Å². The molecule has 0 radical (unpaired) electrons. The van der Waals surface area contributed by atoms with Crippen molar-refractivity contribution in [3.63, 3.8) is 0 Å². The van der Waals surface area contributed by atoms with Crippen LogP contribution in [0.4, 0.5) is 0 Å². The van der Waals surface area contributed by atoms with Gasteiger partial charge in [-0.25, -0.2) is 9.78 Å². The van der Waals surface area contributed by atoms with Crippen molar-refractivity contribution < 1.29 is 9.53 Å². The van der Waals surface area contributed by atoms with Crippen molar-refractivity contribution in [1.82, 2.24) is 14.5 Å². The number of thiophene rings is 1. The van der Waals surface area contributed by atoms with E-state index in [4.69, 9.17) is 9.72 Å². The van der Waals surface area contributed by atoms with Crippen LogP contribution in [-0.4, -0.2) is 39.6 Å². The van der Waals surface area contributed by atoms with E-state index in [1.165, 1.54) is 12.8 Å². The highest BCUT2D eigenvalue weighted by molar-refractivity contribution is 7.18. The minimum atomic E-state index is -0.333. The molecule has 0 atom stereocenters. The summed E-state index contributed by atoms with van der Waals surface area (Å²) in [5.41, 5.74) is 2.51. The molecule has 0 spiro atoms. The number of nitrogens with zero attached hydrogens (tertiary/aromatic N) is 3. The quantitative estimate of drug-likeness (QED) is 0.536. The molecule has 1 aliphatic rings. The Balaban J connectivity index is 1.69. The molecule has 4 rings (SSSR count). The predicted octanol–water partition coefficient (Wildman–Crippen LogP) is 4.28. The van der Waals surface area contributed by atoms with Gasteiger partial charge in [0.25, 0.3) is 5.56 Å². The smallest absolute Gasteiger partial charge is 0.338 e. The summed E-state index contributed by atoms with van der Waals surface area (Å²) in [5.74, 6) is 0.477. The second-order valence-corrected chi connectivity index (χ2v) is 9.72. The maximum atomic E-state index is 13.5. The predicted molar refractivity (Wildman–Crippen MR) is 124 cm³/mol. The van der Waals surface area contributed by atoms with E-state index < -0.39 is 0 Å². The molecule has 0 N–H and O–H groups in total. The Morgan fingerprint density at radius 1 is 1.13 bits per heavy atom. The maximum absolute atomic E-state index is 13.5. The number of aryl methyl sites for hydroxylation is 2. The molecule has 0 unspecified atom stereocenters. The van der Waals surface area contributed by atoms with Gasteiger partial charge in [0.05, 0.1) is 30.1 Å². The summed E-state index contributed by atoms with van der Waals surface area (Å²) in [4.78, 5) is 34.9. The van der Waals surface area contributed by atoms with E-state index in [0.29, 0.717) is 18.7 Å². The summed E-state index contributed by atoms with van der Waals surface area (Å²) < 4.78 is 7.07. The van der Waals surface area contributed by atoms with Gasteiger partial charge in [-0.05, 0) is 76.9 Å². The van der Waals surface area contributed by atoms with E-state index in [-0.39, 0.29) is 17.6 Å². The van der Waals surface area contributed by atoms with E-state index in [9.17, 15) is 9.59 Å². The summed E-state index contributed by atoms with van der Waals surface area (Å²) >= 11 is 1.60. The molecule has 3 heterocycles. The van der Waals surface area contributed by atoms with Crippen molar-refractivity contribution in [2.45, 2.75) is 59.7 Å². The first-order valence-electron chi connectivity index (χ1n) is 10.8. The molecule has 0 aliphatic carbocycles. The van der Waals surface area contributed by atoms with Crippen LogP contribution in [0, 0.1) is 13.8 Å². The number of hydrogen-bond acceptors (Lipinski definition) is 6. The first-order valence-corrected chi connectivity index (χ1v) is 11.7. The van der Waals surface area contributed by atoms with Crippen molar-refractivity contribution in [1.29, 1.82) is 0 Å². The van der Waals surface area contributed by atoms with Crippen molar-refractivity contribution in [3.8, 4) is 0 Å². The Bertz CT molecular complexity index is 1160. The second kappa shape index (κ2) is 8.93. The highest BCUT2D eigenvalue weighted by atomic mass is 32.1. The number of carbonyl (C=O) groups excluding carboxylic acids is 1. The maximum Gasteiger partial charge on any atom is 0.338 e. The minimum Gasteiger partial charge on any atom is -0.459 e. The lowest BCUT2D eigenvalue weighted by molar-refractivity contribution is 0.0378. The molecule has 0 saturated carbocycles. The number of rotatable bonds is 6. The van der Waals surface area contributed by atoms with Crippen molar-refractivity contribution in [3.05, 3.63) is 62.0 Å². The van der Waals surface area contributed by atoms with Gasteiger partial charge < -0.3 is 4.74 Å². The molecule has 2 aromatic heterocycles. The number of fused-ring (bicyclic) bond motifs is 1. The van der Waals surface area contributed by atoms with Gasteiger partial charge in [-0.2, -0.15) is 0 Å². The third-order valence-electron chi connectivity index (χ3n) is 5.80. The monoisotopic (exact) mass is 439 g/mol. The van der Waals surface area contributed by atoms with Gasteiger partial charge in [0.1, 0.15) is 10.7 Å². The van der Waals surface area contributed by atoms with Gasteiger partial charge in [0.15, 0.2) is 0 Å². The van der Waals surface area contributed by atoms with Crippen molar-refractivity contribution >= 4 is 27.5 Å². The van der Waals surface area contributed by atoms with Crippen molar-refractivity contribution in [2.75, 3.05) is 13.1 Å². The highest BCUT2D eigenvalue weighted by Crippen LogP contribution is 2.27. The van der Waals surface area contributed by atoms with Crippen LogP contribution in [0.2, 0.25) is 0 Å². The zero-order valence-corrected chi connectivity index (χ0v) is 19.4. The topological polar surface area (TPSA) is 64.4 Å². The molecule has 1 aromatic carbocycles. The van der Waals surface area contributed by atoms with Crippen LogP contribution >= 0.6 is 11.3 Å². The van der Waals surface area contributed by atoms with Crippen LogP contribution < -0.4 is 5.56 Å². The minimum absolute atomic E-state index is 0.0179. The SMILES string of the molecule is Cc1sc2nc(CN3CCCC3)n(Cc3ccc(C(=O)OC(C)C)cc3)c(=O)c2c1C. The van der Waals surface area contributed by atoms with Gasteiger partial charge in [-0.15, -0.1) is 11.3 Å². The number of ether oxygens (including phenoxy) is 1. The van der Waals surface area contributed by atoms with Crippen LogP contribution in [0.1, 0.15) is 58.9 Å². The fourth-order valence-electron chi connectivity index (χ4n) is 4.00. The number of esters is 1. The van der Waals surface area contributed by atoms with Crippen LogP contribution in [0.15, 0.2) is 29.1 Å². The van der Waals surface area contributed by atoms with Gasteiger partial charge in [0.2, 0.25) is 0 Å². The molecule has 1 aliphatic heterocycles. The third-order valence-corrected chi connectivity index (χ3v) is 6.91. The molecule has 1 fully saturated rings. The van der Waals surface area contributed by atoms with Gasteiger partial charge >= 0.3 is 5.97 Å². The zero-order valence-electron chi connectivity index (χ0n) is 18.6. The van der Waals surface area contributed by atoms with Crippen molar-refractivity contribution in [2.24, 2.45) is 0 Å². The lowest BCUT2D eigenvalue weighted by Gasteiger charge is -2.18. The summed E-state index contributed by atoms with van der Waals surface area (Å²) in [6.45, 7) is 10.9. The first-order chi connectivity index (χ1) is 14.8. The Labute approximate surface area is 186 Å². The normalized spacial score (nSPS) is 14.6. The molecule has 6 nitrogen and oxygen atoms in total. The largest absolute Gasteiger partial charge is 0.459 e. The van der Waals surface area contributed by atoms with Crippen LogP contribution in [0.5, 0.6) is 0 Å². The molecule has 7 heteroatoms. The Hall–Kier alpha value is -2.51. The summed E-state index contributed by atoms with van der Waals surface area (Å²) in [5, 5.41) is 0.727. The Kier molecular flexibility index (Phi) is 6.25. The zero-order chi connectivity index (χ0) is 22.1.